The number of hydrogen-bond donors (Lipinski definition) is 2. The average molecular weight is 364 g/mol. The molecule has 1 saturated heterocycles. The number of rotatable bonds is 4. The Morgan fingerprint density at radius 1 is 1.37 bits per heavy atom. The molecule has 104 valence electrons. The molecule has 19 heavy (non-hydrogen) atoms. The SMILES string of the molecule is O=C(Cc1ccc(Br)s1)NC1(C(=O)O)CCSCC1. The summed E-state index contributed by atoms with van der Waals surface area (Å²) in [5.74, 6) is 0.408. The highest BCUT2D eigenvalue weighted by Gasteiger charge is 2.41. The summed E-state index contributed by atoms with van der Waals surface area (Å²) in [6.45, 7) is 0. The van der Waals surface area contributed by atoms with Gasteiger partial charge in [-0.05, 0) is 52.4 Å². The molecular formula is C12H14BrNO3S2. The summed E-state index contributed by atoms with van der Waals surface area (Å²) in [6.07, 6.45) is 1.22. The van der Waals surface area contributed by atoms with Crippen LogP contribution >= 0.6 is 39.0 Å². The summed E-state index contributed by atoms with van der Waals surface area (Å²) >= 11 is 6.56. The third kappa shape index (κ3) is 3.73. The van der Waals surface area contributed by atoms with Crippen molar-refractivity contribution < 1.29 is 14.7 Å². The molecule has 0 atom stereocenters. The normalized spacial score (nSPS) is 17.9. The van der Waals surface area contributed by atoms with Gasteiger partial charge in [0.05, 0.1) is 10.2 Å². The van der Waals surface area contributed by atoms with E-state index in [1.807, 2.05) is 12.1 Å². The molecule has 0 aromatic carbocycles. The van der Waals surface area contributed by atoms with Gasteiger partial charge >= 0.3 is 5.97 Å². The molecule has 2 rings (SSSR count). The fourth-order valence-electron chi connectivity index (χ4n) is 2.03. The lowest BCUT2D eigenvalue weighted by Gasteiger charge is -2.33. The topological polar surface area (TPSA) is 66.4 Å². The van der Waals surface area contributed by atoms with Crippen LogP contribution in [0.1, 0.15) is 17.7 Å². The Bertz CT molecular complexity index is 483. The molecule has 1 aromatic rings. The summed E-state index contributed by atoms with van der Waals surface area (Å²) < 4.78 is 0.970. The maximum atomic E-state index is 12.0. The number of carboxylic acids is 1. The van der Waals surface area contributed by atoms with E-state index in [1.165, 1.54) is 11.3 Å². The second-order valence-corrected chi connectivity index (χ2v) is 8.20. The molecule has 2 heterocycles. The predicted octanol–water partition coefficient (Wildman–Crippen LogP) is 2.52. The Hall–Kier alpha value is -0.530. The molecule has 0 spiro atoms. The van der Waals surface area contributed by atoms with Crippen LogP contribution in [0.4, 0.5) is 0 Å². The molecule has 0 radical (unpaired) electrons. The maximum absolute atomic E-state index is 12.0. The molecule has 0 unspecified atom stereocenters. The van der Waals surface area contributed by atoms with E-state index in [9.17, 15) is 14.7 Å². The fraction of sp³-hybridized carbons (Fsp3) is 0.500. The molecule has 7 heteroatoms. The first-order chi connectivity index (χ1) is 9.02. The van der Waals surface area contributed by atoms with Gasteiger partial charge in [0.25, 0.3) is 0 Å². The van der Waals surface area contributed by atoms with Gasteiger partial charge in [0.2, 0.25) is 5.91 Å². The first-order valence-electron chi connectivity index (χ1n) is 5.88. The Morgan fingerprint density at radius 3 is 2.58 bits per heavy atom. The average Bonchev–Trinajstić information content (AvgIpc) is 2.75. The van der Waals surface area contributed by atoms with Crippen molar-refractivity contribution >= 4 is 50.9 Å². The van der Waals surface area contributed by atoms with Crippen LogP contribution in [0.5, 0.6) is 0 Å². The van der Waals surface area contributed by atoms with Crippen molar-refractivity contribution in [1.29, 1.82) is 0 Å². The Balaban J connectivity index is 2.01. The quantitative estimate of drug-likeness (QED) is 0.862. The first-order valence-corrected chi connectivity index (χ1v) is 8.65. The summed E-state index contributed by atoms with van der Waals surface area (Å²) in [6, 6.07) is 3.76. The number of amides is 1. The monoisotopic (exact) mass is 363 g/mol. The van der Waals surface area contributed by atoms with Crippen LogP contribution in [-0.2, 0) is 16.0 Å². The fourth-order valence-corrected chi connectivity index (χ4v) is 4.70. The van der Waals surface area contributed by atoms with Crippen molar-refractivity contribution in [2.24, 2.45) is 0 Å². The number of thioether (sulfide) groups is 1. The molecule has 4 nitrogen and oxygen atoms in total. The molecule has 0 bridgehead atoms. The Labute approximate surface area is 128 Å². The van der Waals surface area contributed by atoms with Crippen molar-refractivity contribution in [2.75, 3.05) is 11.5 Å². The van der Waals surface area contributed by atoms with E-state index < -0.39 is 11.5 Å². The number of carbonyl (C=O) groups is 2. The molecular weight excluding hydrogens is 350 g/mol. The standard InChI is InChI=1S/C12H14BrNO3S2/c13-9-2-1-8(19-9)7-10(15)14-12(11(16)17)3-5-18-6-4-12/h1-2H,3-7H2,(H,14,15)(H,16,17). The van der Waals surface area contributed by atoms with Gasteiger partial charge in [0.15, 0.2) is 0 Å². The lowest BCUT2D eigenvalue weighted by molar-refractivity contribution is -0.148. The zero-order valence-corrected chi connectivity index (χ0v) is 13.4. The van der Waals surface area contributed by atoms with Gasteiger partial charge in [0.1, 0.15) is 5.54 Å². The number of hydrogen-bond acceptors (Lipinski definition) is 4. The molecule has 1 aliphatic heterocycles. The van der Waals surface area contributed by atoms with Gasteiger partial charge in [-0.3, -0.25) is 4.79 Å². The minimum Gasteiger partial charge on any atom is -0.480 e. The van der Waals surface area contributed by atoms with Crippen molar-refractivity contribution in [2.45, 2.75) is 24.8 Å². The smallest absolute Gasteiger partial charge is 0.329 e. The van der Waals surface area contributed by atoms with Crippen LogP contribution in [0.3, 0.4) is 0 Å². The van der Waals surface area contributed by atoms with E-state index >= 15 is 0 Å². The molecule has 1 fully saturated rings. The highest BCUT2D eigenvalue weighted by Crippen LogP contribution is 2.28. The van der Waals surface area contributed by atoms with E-state index in [0.29, 0.717) is 12.8 Å². The molecule has 1 aromatic heterocycles. The molecule has 2 N–H and O–H groups in total. The third-order valence-corrected chi connectivity index (χ3v) is 5.71. The third-order valence-electron chi connectivity index (χ3n) is 3.10. The van der Waals surface area contributed by atoms with Gasteiger partial charge < -0.3 is 10.4 Å². The molecule has 1 amide bonds. The number of carboxylic acid groups (broad SMARTS) is 1. The maximum Gasteiger partial charge on any atom is 0.329 e. The van der Waals surface area contributed by atoms with Gasteiger partial charge in [-0.2, -0.15) is 11.8 Å². The summed E-state index contributed by atoms with van der Waals surface area (Å²) in [4.78, 5) is 24.4. The number of carbonyl (C=O) groups excluding carboxylic acids is 1. The largest absolute Gasteiger partial charge is 0.480 e. The molecule has 0 aliphatic carbocycles. The zero-order chi connectivity index (χ0) is 13.9. The van der Waals surface area contributed by atoms with Crippen LogP contribution in [0.2, 0.25) is 0 Å². The van der Waals surface area contributed by atoms with Crippen LogP contribution in [-0.4, -0.2) is 34.0 Å². The van der Waals surface area contributed by atoms with E-state index in [4.69, 9.17) is 0 Å². The van der Waals surface area contributed by atoms with Crippen LogP contribution in [0.15, 0.2) is 15.9 Å². The lowest BCUT2D eigenvalue weighted by atomic mass is 9.92. The Kier molecular flexibility index (Phi) is 4.92. The second kappa shape index (κ2) is 6.28. The summed E-state index contributed by atoms with van der Waals surface area (Å²) in [5.41, 5.74) is -1.07. The molecule has 0 saturated carbocycles. The number of halogens is 1. The number of nitrogens with one attached hydrogen (secondary N) is 1. The lowest BCUT2D eigenvalue weighted by Crippen LogP contribution is -2.56. The van der Waals surface area contributed by atoms with Gasteiger partial charge in [-0.15, -0.1) is 11.3 Å². The summed E-state index contributed by atoms with van der Waals surface area (Å²) in [7, 11) is 0. The highest BCUT2D eigenvalue weighted by atomic mass is 79.9. The summed E-state index contributed by atoms with van der Waals surface area (Å²) in [5, 5.41) is 12.1. The van der Waals surface area contributed by atoms with Crippen molar-refractivity contribution in [3.8, 4) is 0 Å². The number of aliphatic carboxylic acids is 1. The van der Waals surface area contributed by atoms with Crippen LogP contribution < -0.4 is 5.32 Å². The van der Waals surface area contributed by atoms with E-state index in [1.54, 1.807) is 11.8 Å². The van der Waals surface area contributed by atoms with E-state index in [0.717, 1.165) is 20.2 Å². The van der Waals surface area contributed by atoms with Crippen molar-refractivity contribution in [3.05, 3.63) is 20.8 Å². The minimum atomic E-state index is -1.07. The second-order valence-electron chi connectivity index (χ2n) is 4.43. The van der Waals surface area contributed by atoms with Crippen LogP contribution in [0.25, 0.3) is 0 Å². The minimum absolute atomic E-state index is 0.219. The predicted molar refractivity (Wildman–Crippen MR) is 80.8 cm³/mol. The van der Waals surface area contributed by atoms with Crippen LogP contribution in [0, 0.1) is 0 Å². The van der Waals surface area contributed by atoms with Gasteiger partial charge in [-0.1, -0.05) is 0 Å². The molecule has 1 aliphatic rings. The van der Waals surface area contributed by atoms with E-state index in [-0.39, 0.29) is 12.3 Å². The van der Waals surface area contributed by atoms with Crippen molar-refractivity contribution in [3.63, 3.8) is 0 Å². The van der Waals surface area contributed by atoms with Crippen molar-refractivity contribution in [1.82, 2.24) is 5.32 Å². The number of thiophene rings is 1. The highest BCUT2D eigenvalue weighted by molar-refractivity contribution is 9.11. The first kappa shape index (κ1) is 14.9. The van der Waals surface area contributed by atoms with Gasteiger partial charge in [-0.25, -0.2) is 4.79 Å². The zero-order valence-electron chi connectivity index (χ0n) is 10.1. The Morgan fingerprint density at radius 2 is 2.05 bits per heavy atom. The van der Waals surface area contributed by atoms with E-state index in [2.05, 4.69) is 21.2 Å². The van der Waals surface area contributed by atoms with Gasteiger partial charge in [0, 0.05) is 4.88 Å².